The molecule has 1 aliphatic heterocycles. The molecule has 0 spiro atoms. The third-order valence-corrected chi connectivity index (χ3v) is 5.15. The van der Waals surface area contributed by atoms with Crippen LogP contribution in [0.5, 0.6) is 0 Å². The van der Waals surface area contributed by atoms with Crippen LogP contribution in [-0.4, -0.2) is 72.4 Å². The van der Waals surface area contributed by atoms with Gasteiger partial charge in [0.15, 0.2) is 0 Å². The second kappa shape index (κ2) is 5.68. The molecule has 4 nitrogen and oxygen atoms in total. The summed E-state index contributed by atoms with van der Waals surface area (Å²) >= 11 is 0. The van der Waals surface area contributed by atoms with E-state index in [-0.39, 0.29) is 12.1 Å². The van der Waals surface area contributed by atoms with Gasteiger partial charge in [-0.15, -0.1) is 0 Å². The first kappa shape index (κ1) is 13.8. The fraction of sp³-hybridized carbons (Fsp3) is 1.00. The zero-order chi connectivity index (χ0) is 13.3. The van der Waals surface area contributed by atoms with Gasteiger partial charge in [0.05, 0.1) is 12.1 Å². The van der Waals surface area contributed by atoms with Gasteiger partial charge in [-0.05, 0) is 38.1 Å². The SMILES string of the molecule is CCNC(CO)(CN1CCN(C2CC2)CC1)C1CC1. The van der Waals surface area contributed by atoms with E-state index < -0.39 is 0 Å². The van der Waals surface area contributed by atoms with Gasteiger partial charge in [-0.25, -0.2) is 0 Å². The topological polar surface area (TPSA) is 38.7 Å². The third kappa shape index (κ3) is 3.13. The maximum absolute atomic E-state index is 9.90. The highest BCUT2D eigenvalue weighted by atomic mass is 16.3. The maximum atomic E-state index is 9.90. The van der Waals surface area contributed by atoms with Crippen LogP contribution in [-0.2, 0) is 0 Å². The summed E-state index contributed by atoms with van der Waals surface area (Å²) in [4.78, 5) is 5.22. The minimum Gasteiger partial charge on any atom is -0.394 e. The molecule has 2 aliphatic carbocycles. The number of hydrogen-bond donors (Lipinski definition) is 2. The van der Waals surface area contributed by atoms with Crippen LogP contribution >= 0.6 is 0 Å². The Balaban J connectivity index is 1.53. The van der Waals surface area contributed by atoms with Crippen molar-refractivity contribution in [2.75, 3.05) is 45.9 Å². The van der Waals surface area contributed by atoms with Gasteiger partial charge in [0.1, 0.15) is 0 Å². The number of nitrogens with zero attached hydrogens (tertiary/aromatic N) is 2. The molecule has 110 valence electrons. The van der Waals surface area contributed by atoms with Crippen molar-refractivity contribution in [1.82, 2.24) is 15.1 Å². The molecule has 3 rings (SSSR count). The minimum absolute atomic E-state index is 0.0312. The van der Waals surface area contributed by atoms with Crippen molar-refractivity contribution in [3.8, 4) is 0 Å². The highest BCUT2D eigenvalue weighted by Gasteiger charge is 2.45. The molecular formula is C15H29N3O. The molecule has 1 atom stereocenters. The summed E-state index contributed by atoms with van der Waals surface area (Å²) in [6.07, 6.45) is 5.41. The number of nitrogens with one attached hydrogen (secondary N) is 1. The van der Waals surface area contributed by atoms with Crippen LogP contribution in [0.3, 0.4) is 0 Å². The number of aliphatic hydroxyl groups excluding tert-OH is 1. The summed E-state index contributed by atoms with van der Waals surface area (Å²) in [5, 5.41) is 13.5. The zero-order valence-electron chi connectivity index (χ0n) is 12.3. The van der Waals surface area contributed by atoms with Crippen LogP contribution < -0.4 is 5.32 Å². The van der Waals surface area contributed by atoms with Gasteiger partial charge in [0.25, 0.3) is 0 Å². The molecule has 1 unspecified atom stereocenters. The van der Waals surface area contributed by atoms with E-state index in [0.717, 1.165) is 19.1 Å². The van der Waals surface area contributed by atoms with Crippen LogP contribution in [0.15, 0.2) is 0 Å². The molecule has 0 aromatic rings. The summed E-state index contributed by atoms with van der Waals surface area (Å²) in [5.41, 5.74) is -0.0312. The molecule has 2 saturated carbocycles. The monoisotopic (exact) mass is 267 g/mol. The Kier molecular flexibility index (Phi) is 4.13. The van der Waals surface area contributed by atoms with Gasteiger partial charge in [-0.3, -0.25) is 9.80 Å². The molecule has 19 heavy (non-hydrogen) atoms. The molecule has 1 saturated heterocycles. The van der Waals surface area contributed by atoms with Crippen molar-refractivity contribution in [2.24, 2.45) is 5.92 Å². The second-order valence-corrected chi connectivity index (χ2v) is 6.66. The molecule has 3 fully saturated rings. The molecule has 0 bridgehead atoms. The summed E-state index contributed by atoms with van der Waals surface area (Å²) < 4.78 is 0. The first-order valence-corrected chi connectivity index (χ1v) is 8.10. The van der Waals surface area contributed by atoms with E-state index in [9.17, 15) is 5.11 Å². The molecule has 3 aliphatic rings. The highest BCUT2D eigenvalue weighted by Crippen LogP contribution is 2.40. The fourth-order valence-corrected chi connectivity index (χ4v) is 3.68. The molecule has 0 amide bonds. The van der Waals surface area contributed by atoms with Crippen molar-refractivity contribution >= 4 is 0 Å². The van der Waals surface area contributed by atoms with Crippen molar-refractivity contribution in [2.45, 2.75) is 44.2 Å². The van der Waals surface area contributed by atoms with Crippen LogP contribution in [0.25, 0.3) is 0 Å². The van der Waals surface area contributed by atoms with Crippen molar-refractivity contribution in [1.29, 1.82) is 0 Å². The van der Waals surface area contributed by atoms with Gasteiger partial charge in [-0.2, -0.15) is 0 Å². The van der Waals surface area contributed by atoms with Crippen molar-refractivity contribution in [3.05, 3.63) is 0 Å². The number of piperazine rings is 1. The Labute approximate surface area is 117 Å². The van der Waals surface area contributed by atoms with Gasteiger partial charge in [-0.1, -0.05) is 6.92 Å². The van der Waals surface area contributed by atoms with Gasteiger partial charge >= 0.3 is 0 Å². The van der Waals surface area contributed by atoms with Crippen LogP contribution in [0.2, 0.25) is 0 Å². The third-order valence-electron chi connectivity index (χ3n) is 5.15. The highest BCUT2D eigenvalue weighted by molar-refractivity contribution is 5.03. The number of rotatable bonds is 7. The predicted octanol–water partition coefficient (Wildman–Crippen LogP) is 0.517. The molecule has 1 heterocycles. The van der Waals surface area contributed by atoms with E-state index in [0.29, 0.717) is 5.92 Å². The molecule has 2 N–H and O–H groups in total. The average Bonchev–Trinajstić information content (AvgIpc) is 3.31. The predicted molar refractivity (Wildman–Crippen MR) is 77.3 cm³/mol. The van der Waals surface area contributed by atoms with E-state index in [4.69, 9.17) is 0 Å². The Hall–Kier alpha value is -0.160. The van der Waals surface area contributed by atoms with Crippen molar-refractivity contribution in [3.63, 3.8) is 0 Å². The normalized spacial score (nSPS) is 29.4. The Morgan fingerprint density at radius 1 is 1.11 bits per heavy atom. The number of likely N-dealkylation sites (N-methyl/N-ethyl adjacent to an activating group) is 1. The lowest BCUT2D eigenvalue weighted by Crippen LogP contribution is -2.60. The van der Waals surface area contributed by atoms with Crippen LogP contribution in [0.4, 0.5) is 0 Å². The molecular weight excluding hydrogens is 238 g/mol. The van der Waals surface area contributed by atoms with Crippen LogP contribution in [0.1, 0.15) is 32.6 Å². The Morgan fingerprint density at radius 3 is 2.26 bits per heavy atom. The lowest BCUT2D eigenvalue weighted by molar-refractivity contribution is 0.0588. The zero-order valence-corrected chi connectivity index (χ0v) is 12.3. The molecule has 0 aromatic carbocycles. The molecule has 0 radical (unpaired) electrons. The number of aliphatic hydroxyl groups is 1. The van der Waals surface area contributed by atoms with E-state index in [2.05, 4.69) is 22.0 Å². The summed E-state index contributed by atoms with van der Waals surface area (Å²) in [6.45, 7) is 9.23. The Morgan fingerprint density at radius 2 is 1.79 bits per heavy atom. The summed E-state index contributed by atoms with van der Waals surface area (Å²) in [5.74, 6) is 0.693. The first-order valence-electron chi connectivity index (χ1n) is 8.10. The maximum Gasteiger partial charge on any atom is 0.0628 e. The Bertz CT molecular complexity index is 296. The van der Waals surface area contributed by atoms with Gasteiger partial charge < -0.3 is 10.4 Å². The quantitative estimate of drug-likeness (QED) is 0.705. The lowest BCUT2D eigenvalue weighted by atomic mass is 9.92. The standard InChI is InChI=1S/C15H29N3O/c1-2-16-15(12-19,13-3-4-13)11-17-7-9-18(10-8-17)14-5-6-14/h13-14,16,19H,2-12H2,1H3. The van der Waals surface area contributed by atoms with Gasteiger partial charge in [0.2, 0.25) is 0 Å². The summed E-state index contributed by atoms with van der Waals surface area (Å²) in [7, 11) is 0. The van der Waals surface area contributed by atoms with Crippen molar-refractivity contribution < 1.29 is 5.11 Å². The number of hydrogen-bond acceptors (Lipinski definition) is 4. The van der Waals surface area contributed by atoms with Gasteiger partial charge in [0, 0.05) is 38.8 Å². The van der Waals surface area contributed by atoms with Crippen LogP contribution in [0, 0.1) is 5.92 Å². The first-order chi connectivity index (χ1) is 9.27. The minimum atomic E-state index is -0.0312. The second-order valence-electron chi connectivity index (χ2n) is 6.66. The summed E-state index contributed by atoms with van der Waals surface area (Å²) in [6, 6.07) is 0.905. The smallest absolute Gasteiger partial charge is 0.0628 e. The largest absolute Gasteiger partial charge is 0.394 e. The van der Waals surface area contributed by atoms with E-state index in [1.54, 1.807) is 0 Å². The lowest BCUT2D eigenvalue weighted by Gasteiger charge is -2.42. The van der Waals surface area contributed by atoms with E-state index >= 15 is 0 Å². The molecule has 4 heteroatoms. The van der Waals surface area contributed by atoms with E-state index in [1.807, 2.05) is 0 Å². The fourth-order valence-electron chi connectivity index (χ4n) is 3.68. The molecule has 0 aromatic heterocycles. The van der Waals surface area contributed by atoms with E-state index in [1.165, 1.54) is 51.9 Å². The average molecular weight is 267 g/mol.